The van der Waals surface area contributed by atoms with Crippen LogP contribution in [0.1, 0.15) is 39.5 Å². The molecule has 0 bridgehead atoms. The molecule has 2 saturated carbocycles. The summed E-state index contributed by atoms with van der Waals surface area (Å²) in [5.41, 5.74) is 0.323. The highest BCUT2D eigenvalue weighted by atomic mass is 16.5. The van der Waals surface area contributed by atoms with Crippen molar-refractivity contribution < 1.29 is 4.74 Å². The van der Waals surface area contributed by atoms with Crippen molar-refractivity contribution in [1.82, 2.24) is 10.2 Å². The maximum Gasteiger partial charge on any atom is 0.0684 e. The van der Waals surface area contributed by atoms with Crippen LogP contribution in [0.3, 0.4) is 0 Å². The summed E-state index contributed by atoms with van der Waals surface area (Å²) in [5, 5.41) is 3.80. The zero-order chi connectivity index (χ0) is 12.8. The molecular formula is C15H28N2O. The lowest BCUT2D eigenvalue weighted by Crippen LogP contribution is -2.69. The monoisotopic (exact) mass is 252 g/mol. The van der Waals surface area contributed by atoms with E-state index in [1.165, 1.54) is 32.2 Å². The average Bonchev–Trinajstić information content (AvgIpc) is 3.18. The van der Waals surface area contributed by atoms with Gasteiger partial charge in [-0.25, -0.2) is 0 Å². The lowest BCUT2D eigenvalue weighted by atomic mass is 9.55. The Morgan fingerprint density at radius 1 is 1.28 bits per heavy atom. The van der Waals surface area contributed by atoms with Crippen molar-refractivity contribution in [3.63, 3.8) is 0 Å². The Bertz CT molecular complexity index is 301. The minimum Gasteiger partial charge on any atom is -0.377 e. The molecule has 0 radical (unpaired) electrons. The lowest BCUT2D eigenvalue weighted by Gasteiger charge is -2.60. The molecule has 0 aromatic rings. The predicted molar refractivity (Wildman–Crippen MR) is 73.7 cm³/mol. The molecule has 2 aliphatic carbocycles. The molecule has 1 saturated heterocycles. The maximum absolute atomic E-state index is 5.95. The van der Waals surface area contributed by atoms with Gasteiger partial charge < -0.3 is 15.0 Å². The Balaban J connectivity index is 1.46. The van der Waals surface area contributed by atoms with Crippen LogP contribution in [0.4, 0.5) is 0 Å². The second kappa shape index (κ2) is 4.77. The first-order valence-electron chi connectivity index (χ1n) is 7.66. The highest BCUT2D eigenvalue weighted by Gasteiger charge is 2.57. The van der Waals surface area contributed by atoms with E-state index in [-0.39, 0.29) is 0 Å². The summed E-state index contributed by atoms with van der Waals surface area (Å²) >= 11 is 0. The number of rotatable bonds is 5. The summed E-state index contributed by atoms with van der Waals surface area (Å²) in [6.45, 7) is 8.02. The molecular weight excluding hydrogens is 224 g/mol. The van der Waals surface area contributed by atoms with Crippen LogP contribution in [-0.4, -0.2) is 49.8 Å². The van der Waals surface area contributed by atoms with Crippen molar-refractivity contribution in [3.05, 3.63) is 0 Å². The summed E-state index contributed by atoms with van der Waals surface area (Å²) < 4.78 is 5.95. The fourth-order valence-corrected chi connectivity index (χ4v) is 4.03. The minimum atomic E-state index is 0.323. The van der Waals surface area contributed by atoms with Crippen LogP contribution >= 0.6 is 0 Å². The van der Waals surface area contributed by atoms with Gasteiger partial charge in [-0.3, -0.25) is 0 Å². The van der Waals surface area contributed by atoms with E-state index >= 15 is 0 Å². The summed E-state index contributed by atoms with van der Waals surface area (Å²) in [4.78, 5) is 2.51. The molecule has 3 unspecified atom stereocenters. The van der Waals surface area contributed by atoms with E-state index in [1.54, 1.807) is 0 Å². The van der Waals surface area contributed by atoms with Gasteiger partial charge in [0.15, 0.2) is 0 Å². The summed E-state index contributed by atoms with van der Waals surface area (Å²) in [7, 11) is 2.26. The van der Waals surface area contributed by atoms with Gasteiger partial charge in [0.2, 0.25) is 0 Å². The standard InChI is InChI=1S/C15H28N2O/c1-15(2)13(12-5-4-10-18-14(12)15)16-8-9-17(3)11-6-7-11/h11-14,16H,4-10H2,1-3H3. The summed E-state index contributed by atoms with van der Waals surface area (Å²) in [6.07, 6.45) is 5.92. The molecule has 1 heterocycles. The number of ether oxygens (including phenoxy) is 1. The van der Waals surface area contributed by atoms with Crippen molar-refractivity contribution in [3.8, 4) is 0 Å². The van der Waals surface area contributed by atoms with Crippen LogP contribution in [0.25, 0.3) is 0 Å². The molecule has 3 rings (SSSR count). The number of hydrogen-bond donors (Lipinski definition) is 1. The molecule has 0 amide bonds. The van der Waals surface area contributed by atoms with Crippen LogP contribution < -0.4 is 5.32 Å². The molecule has 3 fully saturated rings. The molecule has 0 aromatic heterocycles. The minimum absolute atomic E-state index is 0.323. The van der Waals surface area contributed by atoms with Gasteiger partial charge in [0.05, 0.1) is 6.10 Å². The van der Waals surface area contributed by atoms with Crippen molar-refractivity contribution >= 4 is 0 Å². The Kier molecular flexibility index (Phi) is 3.41. The fourth-order valence-electron chi connectivity index (χ4n) is 4.03. The number of likely N-dealkylation sites (N-methyl/N-ethyl adjacent to an activating group) is 1. The average molecular weight is 252 g/mol. The fraction of sp³-hybridized carbons (Fsp3) is 1.00. The molecule has 104 valence electrons. The van der Waals surface area contributed by atoms with Gasteiger partial charge in [-0.15, -0.1) is 0 Å². The SMILES string of the molecule is CN(CCNC1C2CCCOC2C1(C)C)C1CC1. The van der Waals surface area contributed by atoms with E-state index in [0.29, 0.717) is 17.6 Å². The van der Waals surface area contributed by atoms with Gasteiger partial charge in [-0.1, -0.05) is 13.8 Å². The second-order valence-corrected chi connectivity index (χ2v) is 7.06. The van der Waals surface area contributed by atoms with Gasteiger partial charge in [0, 0.05) is 43.1 Å². The van der Waals surface area contributed by atoms with Gasteiger partial charge >= 0.3 is 0 Å². The van der Waals surface area contributed by atoms with E-state index in [2.05, 4.69) is 31.1 Å². The number of hydrogen-bond acceptors (Lipinski definition) is 3. The third-order valence-electron chi connectivity index (χ3n) is 5.33. The highest BCUT2D eigenvalue weighted by molar-refractivity contribution is 5.10. The Morgan fingerprint density at radius 3 is 2.78 bits per heavy atom. The number of fused-ring (bicyclic) bond motifs is 1. The Hall–Kier alpha value is -0.120. The molecule has 0 spiro atoms. The van der Waals surface area contributed by atoms with Gasteiger partial charge in [-0.05, 0) is 32.7 Å². The predicted octanol–water partition coefficient (Wildman–Crippen LogP) is 1.87. The third-order valence-corrected chi connectivity index (χ3v) is 5.33. The molecule has 3 nitrogen and oxygen atoms in total. The first-order valence-corrected chi connectivity index (χ1v) is 7.66. The molecule has 3 atom stereocenters. The van der Waals surface area contributed by atoms with E-state index in [1.807, 2.05) is 0 Å². The molecule has 0 aromatic carbocycles. The molecule has 18 heavy (non-hydrogen) atoms. The second-order valence-electron chi connectivity index (χ2n) is 7.06. The van der Waals surface area contributed by atoms with Gasteiger partial charge in [0.25, 0.3) is 0 Å². The molecule has 3 heteroatoms. The first-order chi connectivity index (χ1) is 8.60. The summed E-state index contributed by atoms with van der Waals surface area (Å²) in [6, 6.07) is 1.54. The van der Waals surface area contributed by atoms with Crippen molar-refractivity contribution in [2.75, 3.05) is 26.7 Å². The van der Waals surface area contributed by atoms with E-state index in [4.69, 9.17) is 4.74 Å². The Labute approximate surface area is 111 Å². The van der Waals surface area contributed by atoms with Crippen LogP contribution in [0.2, 0.25) is 0 Å². The first kappa shape index (κ1) is 12.9. The number of nitrogens with one attached hydrogen (secondary N) is 1. The van der Waals surface area contributed by atoms with E-state index in [9.17, 15) is 0 Å². The Morgan fingerprint density at radius 2 is 2.06 bits per heavy atom. The zero-order valence-corrected chi connectivity index (χ0v) is 12.1. The van der Waals surface area contributed by atoms with Crippen LogP contribution in [0, 0.1) is 11.3 Å². The largest absolute Gasteiger partial charge is 0.377 e. The highest BCUT2D eigenvalue weighted by Crippen LogP contribution is 2.51. The van der Waals surface area contributed by atoms with Crippen LogP contribution in [0.5, 0.6) is 0 Å². The van der Waals surface area contributed by atoms with Gasteiger partial charge in [-0.2, -0.15) is 0 Å². The quantitative estimate of drug-likeness (QED) is 0.808. The topological polar surface area (TPSA) is 24.5 Å². The smallest absolute Gasteiger partial charge is 0.0684 e. The molecule has 1 N–H and O–H groups in total. The maximum atomic E-state index is 5.95. The molecule has 1 aliphatic heterocycles. The van der Waals surface area contributed by atoms with E-state index < -0.39 is 0 Å². The molecule has 3 aliphatic rings. The van der Waals surface area contributed by atoms with Crippen LogP contribution in [-0.2, 0) is 4.74 Å². The lowest BCUT2D eigenvalue weighted by molar-refractivity contribution is -0.192. The normalized spacial score (nSPS) is 38.3. The van der Waals surface area contributed by atoms with Crippen molar-refractivity contribution in [1.29, 1.82) is 0 Å². The summed E-state index contributed by atoms with van der Waals surface area (Å²) in [5.74, 6) is 0.764. The van der Waals surface area contributed by atoms with Crippen molar-refractivity contribution in [2.45, 2.75) is 57.7 Å². The third kappa shape index (κ3) is 2.21. The van der Waals surface area contributed by atoms with Gasteiger partial charge in [0.1, 0.15) is 0 Å². The van der Waals surface area contributed by atoms with E-state index in [0.717, 1.165) is 25.1 Å². The zero-order valence-electron chi connectivity index (χ0n) is 12.1. The number of nitrogens with zero attached hydrogens (tertiary/aromatic N) is 1. The van der Waals surface area contributed by atoms with Crippen molar-refractivity contribution in [2.24, 2.45) is 11.3 Å². The van der Waals surface area contributed by atoms with Crippen LogP contribution in [0.15, 0.2) is 0 Å².